The van der Waals surface area contributed by atoms with Crippen LogP contribution in [0, 0.1) is 13.8 Å². The van der Waals surface area contributed by atoms with Crippen molar-refractivity contribution in [1.29, 1.82) is 0 Å². The molecule has 31 heavy (non-hydrogen) atoms. The van der Waals surface area contributed by atoms with Crippen LogP contribution in [0.4, 0.5) is 0 Å². The molecule has 2 aromatic carbocycles. The number of benzene rings is 2. The summed E-state index contributed by atoms with van der Waals surface area (Å²) >= 11 is 0. The molecule has 0 saturated carbocycles. The SMILES string of the molecule is Cc1cccc(C(=O)N2CCC(c3ccc(Oc4ccccc4C(C)C)cc3C)C2)n1. The number of aryl methyl sites for hydroxylation is 2. The van der Waals surface area contributed by atoms with Crippen LogP contribution in [-0.4, -0.2) is 28.9 Å². The Kier molecular flexibility index (Phi) is 6.08. The van der Waals surface area contributed by atoms with Gasteiger partial charge in [0, 0.05) is 24.7 Å². The van der Waals surface area contributed by atoms with E-state index in [9.17, 15) is 4.79 Å². The van der Waals surface area contributed by atoms with Gasteiger partial charge in [-0.25, -0.2) is 4.98 Å². The minimum atomic E-state index is 0.0223. The zero-order valence-electron chi connectivity index (χ0n) is 18.8. The largest absolute Gasteiger partial charge is 0.457 e. The first-order valence-corrected chi connectivity index (χ1v) is 11.0. The van der Waals surface area contributed by atoms with Gasteiger partial charge in [-0.3, -0.25) is 4.79 Å². The number of nitrogens with zero attached hydrogens (tertiary/aromatic N) is 2. The van der Waals surface area contributed by atoms with Crippen molar-refractivity contribution >= 4 is 5.91 Å². The molecule has 2 heterocycles. The summed E-state index contributed by atoms with van der Waals surface area (Å²) < 4.78 is 6.22. The molecule has 0 N–H and O–H groups in total. The van der Waals surface area contributed by atoms with E-state index in [4.69, 9.17) is 4.74 Å². The van der Waals surface area contributed by atoms with Gasteiger partial charge >= 0.3 is 0 Å². The third kappa shape index (κ3) is 4.63. The Morgan fingerprint density at radius 2 is 1.87 bits per heavy atom. The minimum absolute atomic E-state index is 0.0223. The Morgan fingerprint density at radius 3 is 2.61 bits per heavy atom. The van der Waals surface area contributed by atoms with Crippen LogP contribution in [0.5, 0.6) is 11.5 Å². The highest BCUT2D eigenvalue weighted by molar-refractivity contribution is 5.92. The van der Waals surface area contributed by atoms with E-state index in [0.717, 1.165) is 36.7 Å². The number of pyridine rings is 1. The second-order valence-electron chi connectivity index (χ2n) is 8.71. The van der Waals surface area contributed by atoms with E-state index in [0.29, 0.717) is 17.5 Å². The minimum Gasteiger partial charge on any atom is -0.457 e. The van der Waals surface area contributed by atoms with Gasteiger partial charge in [0.05, 0.1) is 0 Å². The van der Waals surface area contributed by atoms with Crippen molar-refractivity contribution in [3.8, 4) is 11.5 Å². The second-order valence-corrected chi connectivity index (χ2v) is 8.71. The summed E-state index contributed by atoms with van der Waals surface area (Å²) in [4.78, 5) is 19.2. The molecule has 1 atom stereocenters. The predicted molar refractivity (Wildman–Crippen MR) is 124 cm³/mol. The van der Waals surface area contributed by atoms with E-state index in [2.05, 4.69) is 50.0 Å². The first-order valence-electron chi connectivity index (χ1n) is 11.0. The summed E-state index contributed by atoms with van der Waals surface area (Å²) in [5, 5.41) is 0. The fraction of sp³-hybridized carbons (Fsp3) is 0.333. The molecule has 1 saturated heterocycles. The fourth-order valence-electron chi connectivity index (χ4n) is 4.37. The quantitative estimate of drug-likeness (QED) is 0.496. The molecule has 1 aromatic heterocycles. The molecule has 160 valence electrons. The second kappa shape index (κ2) is 8.93. The fourth-order valence-corrected chi connectivity index (χ4v) is 4.37. The zero-order chi connectivity index (χ0) is 22.0. The van der Waals surface area contributed by atoms with Crippen LogP contribution in [0.1, 0.15) is 65.0 Å². The van der Waals surface area contributed by atoms with Crippen molar-refractivity contribution < 1.29 is 9.53 Å². The normalized spacial score (nSPS) is 16.0. The molecule has 4 heteroatoms. The average Bonchev–Trinajstić information content (AvgIpc) is 3.23. The smallest absolute Gasteiger partial charge is 0.272 e. The summed E-state index contributed by atoms with van der Waals surface area (Å²) in [7, 11) is 0. The van der Waals surface area contributed by atoms with E-state index < -0.39 is 0 Å². The highest BCUT2D eigenvalue weighted by atomic mass is 16.5. The van der Waals surface area contributed by atoms with Gasteiger partial charge in [0.25, 0.3) is 5.91 Å². The van der Waals surface area contributed by atoms with E-state index in [1.807, 2.05) is 42.2 Å². The molecule has 0 bridgehead atoms. The lowest BCUT2D eigenvalue weighted by atomic mass is 9.94. The Morgan fingerprint density at radius 1 is 1.06 bits per heavy atom. The van der Waals surface area contributed by atoms with E-state index in [1.54, 1.807) is 6.07 Å². The highest BCUT2D eigenvalue weighted by Gasteiger charge is 2.29. The van der Waals surface area contributed by atoms with Crippen LogP contribution < -0.4 is 4.74 Å². The maximum Gasteiger partial charge on any atom is 0.272 e. The van der Waals surface area contributed by atoms with E-state index in [-0.39, 0.29) is 5.91 Å². The number of likely N-dealkylation sites (tertiary alicyclic amines) is 1. The predicted octanol–water partition coefficient (Wildman–Crippen LogP) is 6.24. The lowest BCUT2D eigenvalue weighted by Gasteiger charge is -2.18. The van der Waals surface area contributed by atoms with Crippen LogP contribution in [0.25, 0.3) is 0 Å². The zero-order valence-corrected chi connectivity index (χ0v) is 18.8. The van der Waals surface area contributed by atoms with Crippen molar-refractivity contribution in [2.75, 3.05) is 13.1 Å². The van der Waals surface area contributed by atoms with Crippen LogP contribution in [0.2, 0.25) is 0 Å². The number of aromatic nitrogens is 1. The van der Waals surface area contributed by atoms with Gasteiger partial charge in [0.2, 0.25) is 0 Å². The molecule has 0 radical (unpaired) electrons. The molecule has 0 aliphatic carbocycles. The molecule has 1 unspecified atom stereocenters. The van der Waals surface area contributed by atoms with Gasteiger partial charge in [-0.2, -0.15) is 0 Å². The number of hydrogen-bond acceptors (Lipinski definition) is 3. The van der Waals surface area contributed by atoms with Crippen molar-refractivity contribution in [3.63, 3.8) is 0 Å². The standard InChI is InChI=1S/C27H30N2O2/c1-18(2)23-9-5-6-11-26(23)31-22-12-13-24(19(3)16-22)21-14-15-29(17-21)27(30)25-10-7-8-20(4)28-25/h5-13,16,18,21H,14-15,17H2,1-4H3. The van der Waals surface area contributed by atoms with Crippen molar-refractivity contribution in [2.45, 2.75) is 46.0 Å². The van der Waals surface area contributed by atoms with E-state index in [1.165, 1.54) is 16.7 Å². The number of amides is 1. The van der Waals surface area contributed by atoms with Crippen LogP contribution in [-0.2, 0) is 0 Å². The Balaban J connectivity index is 1.47. The molecule has 0 spiro atoms. The molecule has 4 rings (SSSR count). The van der Waals surface area contributed by atoms with Gasteiger partial charge in [-0.1, -0.05) is 44.2 Å². The molecule has 1 aliphatic heterocycles. The van der Waals surface area contributed by atoms with Gasteiger partial charge in [0.15, 0.2) is 0 Å². The molecular formula is C27H30N2O2. The maximum absolute atomic E-state index is 12.8. The van der Waals surface area contributed by atoms with Gasteiger partial charge in [-0.05, 0) is 73.2 Å². The Hall–Kier alpha value is -3.14. The first kappa shape index (κ1) is 21.1. The third-order valence-corrected chi connectivity index (χ3v) is 6.03. The summed E-state index contributed by atoms with van der Waals surface area (Å²) in [5.74, 6) is 2.53. The van der Waals surface area contributed by atoms with Gasteiger partial charge in [-0.15, -0.1) is 0 Å². The first-order chi connectivity index (χ1) is 14.9. The van der Waals surface area contributed by atoms with Crippen LogP contribution >= 0.6 is 0 Å². The van der Waals surface area contributed by atoms with Crippen molar-refractivity contribution in [1.82, 2.24) is 9.88 Å². The molecule has 1 aliphatic rings. The van der Waals surface area contributed by atoms with Crippen LogP contribution in [0.3, 0.4) is 0 Å². The highest BCUT2D eigenvalue weighted by Crippen LogP contribution is 2.35. The summed E-state index contributed by atoms with van der Waals surface area (Å²) in [6.45, 7) is 9.88. The molecule has 3 aromatic rings. The molecule has 1 amide bonds. The van der Waals surface area contributed by atoms with Crippen molar-refractivity contribution in [3.05, 3.63) is 88.7 Å². The average molecular weight is 415 g/mol. The third-order valence-electron chi connectivity index (χ3n) is 6.03. The number of ether oxygens (including phenoxy) is 1. The summed E-state index contributed by atoms with van der Waals surface area (Å²) in [5.41, 5.74) is 5.10. The number of carbonyl (C=O) groups is 1. The number of para-hydroxylation sites is 1. The van der Waals surface area contributed by atoms with Crippen molar-refractivity contribution in [2.24, 2.45) is 0 Å². The number of hydrogen-bond donors (Lipinski definition) is 0. The Labute approximate surface area is 184 Å². The van der Waals surface area contributed by atoms with Gasteiger partial charge < -0.3 is 9.64 Å². The lowest BCUT2D eigenvalue weighted by Crippen LogP contribution is -2.29. The lowest BCUT2D eigenvalue weighted by molar-refractivity contribution is 0.0784. The Bertz CT molecular complexity index is 1090. The van der Waals surface area contributed by atoms with Gasteiger partial charge in [0.1, 0.15) is 17.2 Å². The van der Waals surface area contributed by atoms with Crippen LogP contribution in [0.15, 0.2) is 60.7 Å². The number of rotatable bonds is 5. The summed E-state index contributed by atoms with van der Waals surface area (Å²) in [6.07, 6.45) is 0.967. The molecule has 1 fully saturated rings. The topological polar surface area (TPSA) is 42.4 Å². The van der Waals surface area contributed by atoms with E-state index >= 15 is 0 Å². The molecule has 4 nitrogen and oxygen atoms in total. The summed E-state index contributed by atoms with van der Waals surface area (Å²) in [6, 6.07) is 20.1. The number of carbonyl (C=O) groups excluding carboxylic acids is 1. The molecular weight excluding hydrogens is 384 g/mol. The monoisotopic (exact) mass is 414 g/mol. The maximum atomic E-state index is 12.8.